The maximum atomic E-state index is 12.3. The van der Waals surface area contributed by atoms with E-state index in [1.807, 2.05) is 6.92 Å². The SMILES string of the molecule is CC(NC(=O)c1sccc1C=CC(=O)O)C1CCCC1. The van der Waals surface area contributed by atoms with E-state index in [2.05, 4.69) is 5.32 Å². The molecule has 5 heteroatoms. The van der Waals surface area contributed by atoms with Gasteiger partial charge in [0, 0.05) is 12.1 Å². The second kappa shape index (κ2) is 6.70. The second-order valence-corrected chi connectivity index (χ2v) is 6.10. The van der Waals surface area contributed by atoms with Crippen LogP contribution in [-0.4, -0.2) is 23.0 Å². The van der Waals surface area contributed by atoms with Crippen LogP contribution in [0.15, 0.2) is 17.5 Å². The summed E-state index contributed by atoms with van der Waals surface area (Å²) in [7, 11) is 0. The lowest BCUT2D eigenvalue weighted by atomic mass is 10.00. The molecule has 2 N–H and O–H groups in total. The van der Waals surface area contributed by atoms with Gasteiger partial charge in [-0.15, -0.1) is 11.3 Å². The summed E-state index contributed by atoms with van der Waals surface area (Å²) in [5, 5.41) is 13.5. The quantitative estimate of drug-likeness (QED) is 0.820. The number of hydrogen-bond donors (Lipinski definition) is 2. The molecule has 0 aliphatic heterocycles. The van der Waals surface area contributed by atoms with Gasteiger partial charge >= 0.3 is 5.97 Å². The van der Waals surface area contributed by atoms with E-state index >= 15 is 0 Å². The van der Waals surface area contributed by atoms with Crippen LogP contribution < -0.4 is 5.32 Å². The molecule has 1 unspecified atom stereocenters. The molecule has 1 aliphatic carbocycles. The summed E-state index contributed by atoms with van der Waals surface area (Å²) in [6.07, 6.45) is 7.37. The molecule has 108 valence electrons. The molecule has 4 nitrogen and oxygen atoms in total. The van der Waals surface area contributed by atoms with Crippen LogP contribution in [0.4, 0.5) is 0 Å². The molecule has 1 heterocycles. The van der Waals surface area contributed by atoms with E-state index in [1.54, 1.807) is 11.4 Å². The van der Waals surface area contributed by atoms with Crippen molar-refractivity contribution in [3.63, 3.8) is 0 Å². The van der Waals surface area contributed by atoms with Crippen molar-refractivity contribution < 1.29 is 14.7 Å². The van der Waals surface area contributed by atoms with E-state index in [-0.39, 0.29) is 11.9 Å². The smallest absolute Gasteiger partial charge is 0.328 e. The molecule has 0 saturated heterocycles. The van der Waals surface area contributed by atoms with Crippen molar-refractivity contribution in [2.24, 2.45) is 5.92 Å². The summed E-state index contributed by atoms with van der Waals surface area (Å²) in [6.45, 7) is 2.05. The highest BCUT2D eigenvalue weighted by Crippen LogP contribution is 2.28. The summed E-state index contributed by atoms with van der Waals surface area (Å²) >= 11 is 1.34. The van der Waals surface area contributed by atoms with Crippen molar-refractivity contribution in [3.8, 4) is 0 Å². The molecule has 0 radical (unpaired) electrons. The first-order chi connectivity index (χ1) is 9.58. The van der Waals surface area contributed by atoms with Gasteiger partial charge in [0.25, 0.3) is 5.91 Å². The normalized spacial score (nSPS) is 17.4. The highest BCUT2D eigenvalue weighted by atomic mass is 32.1. The zero-order chi connectivity index (χ0) is 14.5. The maximum absolute atomic E-state index is 12.3. The van der Waals surface area contributed by atoms with E-state index in [9.17, 15) is 9.59 Å². The molecule has 1 atom stereocenters. The Morgan fingerprint density at radius 3 is 2.80 bits per heavy atom. The predicted octanol–water partition coefficient (Wildman–Crippen LogP) is 3.15. The Morgan fingerprint density at radius 2 is 2.15 bits per heavy atom. The average molecular weight is 293 g/mol. The minimum absolute atomic E-state index is 0.107. The second-order valence-electron chi connectivity index (χ2n) is 5.18. The molecule has 0 spiro atoms. The van der Waals surface area contributed by atoms with Crippen LogP contribution in [0.2, 0.25) is 0 Å². The highest BCUT2D eigenvalue weighted by molar-refractivity contribution is 7.12. The summed E-state index contributed by atoms with van der Waals surface area (Å²) in [5.41, 5.74) is 0.661. The van der Waals surface area contributed by atoms with Crippen LogP contribution in [0.25, 0.3) is 6.08 Å². The van der Waals surface area contributed by atoms with Crippen molar-refractivity contribution in [1.29, 1.82) is 0 Å². The van der Waals surface area contributed by atoms with Crippen molar-refractivity contribution in [2.45, 2.75) is 38.6 Å². The van der Waals surface area contributed by atoms with Crippen molar-refractivity contribution >= 4 is 29.3 Å². The number of aliphatic carboxylic acids is 1. The van der Waals surface area contributed by atoms with Gasteiger partial charge in [-0.25, -0.2) is 4.79 Å². The topological polar surface area (TPSA) is 66.4 Å². The Balaban J connectivity index is 2.02. The average Bonchev–Trinajstić information content (AvgIpc) is 3.07. The van der Waals surface area contributed by atoms with E-state index in [0.29, 0.717) is 16.4 Å². The fourth-order valence-corrected chi connectivity index (χ4v) is 3.43. The number of carboxylic acid groups (broad SMARTS) is 1. The molecular weight excluding hydrogens is 274 g/mol. The third kappa shape index (κ3) is 3.70. The fraction of sp³-hybridized carbons (Fsp3) is 0.467. The van der Waals surface area contributed by atoms with Gasteiger partial charge in [-0.3, -0.25) is 4.79 Å². The van der Waals surface area contributed by atoms with Crippen LogP contribution >= 0.6 is 11.3 Å². The van der Waals surface area contributed by atoms with Crippen LogP contribution in [0.5, 0.6) is 0 Å². The van der Waals surface area contributed by atoms with E-state index < -0.39 is 5.97 Å². The van der Waals surface area contributed by atoms with Crippen molar-refractivity contribution in [3.05, 3.63) is 28.0 Å². The van der Waals surface area contributed by atoms with Crippen LogP contribution in [0.1, 0.15) is 47.8 Å². The number of carboxylic acids is 1. The molecule has 1 aromatic rings. The Labute approximate surface area is 122 Å². The van der Waals surface area contributed by atoms with Gasteiger partial charge in [-0.05, 0) is 48.8 Å². The Kier molecular flexibility index (Phi) is 4.95. The summed E-state index contributed by atoms with van der Waals surface area (Å²) in [5.74, 6) is -0.553. The first kappa shape index (κ1) is 14.8. The minimum Gasteiger partial charge on any atom is -0.478 e. The largest absolute Gasteiger partial charge is 0.478 e. The van der Waals surface area contributed by atoms with Gasteiger partial charge in [0.2, 0.25) is 0 Å². The number of hydrogen-bond acceptors (Lipinski definition) is 3. The number of amides is 1. The third-order valence-electron chi connectivity index (χ3n) is 3.77. The Hall–Kier alpha value is -1.62. The summed E-state index contributed by atoms with van der Waals surface area (Å²) in [4.78, 5) is 23.4. The fourth-order valence-electron chi connectivity index (χ4n) is 2.64. The molecule has 1 amide bonds. The van der Waals surface area contributed by atoms with Crippen LogP contribution in [0.3, 0.4) is 0 Å². The number of nitrogens with one attached hydrogen (secondary N) is 1. The van der Waals surface area contributed by atoms with E-state index in [1.165, 1.54) is 43.1 Å². The number of thiophene rings is 1. The van der Waals surface area contributed by atoms with E-state index in [4.69, 9.17) is 5.11 Å². The zero-order valence-corrected chi connectivity index (χ0v) is 12.3. The predicted molar refractivity (Wildman–Crippen MR) is 79.9 cm³/mol. The van der Waals surface area contributed by atoms with E-state index in [0.717, 1.165) is 6.08 Å². The molecular formula is C15H19NO3S. The molecule has 20 heavy (non-hydrogen) atoms. The first-order valence-electron chi connectivity index (χ1n) is 6.87. The number of carbonyl (C=O) groups excluding carboxylic acids is 1. The molecule has 1 aromatic heterocycles. The molecule has 1 aliphatic rings. The van der Waals surface area contributed by atoms with Gasteiger partial charge in [-0.2, -0.15) is 0 Å². The molecule has 1 saturated carbocycles. The minimum atomic E-state index is -1.01. The van der Waals surface area contributed by atoms with Gasteiger partial charge in [-0.1, -0.05) is 12.8 Å². The third-order valence-corrected chi connectivity index (χ3v) is 4.70. The Morgan fingerprint density at radius 1 is 1.45 bits per heavy atom. The maximum Gasteiger partial charge on any atom is 0.328 e. The Bertz CT molecular complexity index is 515. The molecule has 0 bridgehead atoms. The van der Waals surface area contributed by atoms with Crippen molar-refractivity contribution in [2.75, 3.05) is 0 Å². The van der Waals surface area contributed by atoms with Crippen LogP contribution in [-0.2, 0) is 4.79 Å². The standard InChI is InChI=1S/C15H19NO3S/c1-10(11-4-2-3-5-11)16-15(19)14-12(8-9-20-14)6-7-13(17)18/h6-11H,2-5H2,1H3,(H,16,19)(H,17,18). The lowest BCUT2D eigenvalue weighted by molar-refractivity contribution is -0.131. The number of rotatable bonds is 5. The summed E-state index contributed by atoms with van der Waals surface area (Å²) < 4.78 is 0. The first-order valence-corrected chi connectivity index (χ1v) is 7.75. The summed E-state index contributed by atoms with van der Waals surface area (Å²) in [6, 6.07) is 1.93. The lowest BCUT2D eigenvalue weighted by Crippen LogP contribution is -2.37. The monoisotopic (exact) mass is 293 g/mol. The van der Waals surface area contributed by atoms with Gasteiger partial charge < -0.3 is 10.4 Å². The van der Waals surface area contributed by atoms with Crippen LogP contribution in [0, 0.1) is 5.92 Å². The molecule has 2 rings (SSSR count). The van der Waals surface area contributed by atoms with Crippen molar-refractivity contribution in [1.82, 2.24) is 5.32 Å². The lowest BCUT2D eigenvalue weighted by Gasteiger charge is -2.20. The molecule has 0 aromatic carbocycles. The van der Waals surface area contributed by atoms with Gasteiger partial charge in [0.05, 0.1) is 4.88 Å². The molecule has 1 fully saturated rings. The highest BCUT2D eigenvalue weighted by Gasteiger charge is 2.24. The zero-order valence-electron chi connectivity index (χ0n) is 11.5. The van der Waals surface area contributed by atoms with Gasteiger partial charge in [0.1, 0.15) is 0 Å². The van der Waals surface area contributed by atoms with Gasteiger partial charge in [0.15, 0.2) is 0 Å². The number of carbonyl (C=O) groups is 2.